The molecule has 0 bridgehead atoms. The number of benzene rings is 1. The number of ether oxygens (including phenoxy) is 1. The van der Waals surface area contributed by atoms with Crippen molar-refractivity contribution in [3.8, 4) is 5.75 Å². The molecule has 0 saturated heterocycles. The SMILES string of the molecule is Cc1cc(Cl)c(OC2CC2)c(C(O)C(=O)O)c1. The Hall–Kier alpha value is -1.26. The van der Waals surface area contributed by atoms with Crippen molar-refractivity contribution in [2.75, 3.05) is 0 Å². The Labute approximate surface area is 104 Å². The van der Waals surface area contributed by atoms with Gasteiger partial charge in [0.2, 0.25) is 0 Å². The summed E-state index contributed by atoms with van der Waals surface area (Å²) < 4.78 is 5.56. The van der Waals surface area contributed by atoms with E-state index in [1.165, 1.54) is 0 Å². The number of aryl methyl sites for hydroxylation is 1. The van der Waals surface area contributed by atoms with Crippen molar-refractivity contribution >= 4 is 17.6 Å². The van der Waals surface area contributed by atoms with Gasteiger partial charge in [-0.3, -0.25) is 0 Å². The van der Waals surface area contributed by atoms with Gasteiger partial charge in [0.15, 0.2) is 6.10 Å². The predicted octanol–water partition coefficient (Wildman–Crippen LogP) is 2.31. The normalized spacial score (nSPS) is 16.6. The highest BCUT2D eigenvalue weighted by atomic mass is 35.5. The van der Waals surface area contributed by atoms with Gasteiger partial charge in [-0.1, -0.05) is 11.6 Å². The molecule has 0 aliphatic heterocycles. The van der Waals surface area contributed by atoms with Crippen molar-refractivity contribution in [1.29, 1.82) is 0 Å². The molecule has 1 atom stereocenters. The Morgan fingerprint density at radius 1 is 1.53 bits per heavy atom. The van der Waals surface area contributed by atoms with E-state index in [2.05, 4.69) is 0 Å². The molecule has 5 heteroatoms. The number of aliphatic carboxylic acids is 1. The van der Waals surface area contributed by atoms with Gasteiger partial charge >= 0.3 is 5.97 Å². The highest BCUT2D eigenvalue weighted by Crippen LogP contribution is 2.38. The summed E-state index contributed by atoms with van der Waals surface area (Å²) in [4.78, 5) is 10.8. The molecule has 1 saturated carbocycles. The van der Waals surface area contributed by atoms with Crippen molar-refractivity contribution in [2.24, 2.45) is 0 Å². The molecule has 2 N–H and O–H groups in total. The van der Waals surface area contributed by atoms with Gasteiger partial charge in [-0.2, -0.15) is 0 Å². The second-order valence-corrected chi connectivity index (χ2v) is 4.63. The molecular formula is C12H13ClO4. The van der Waals surface area contributed by atoms with Crippen molar-refractivity contribution < 1.29 is 19.7 Å². The molecular weight excluding hydrogens is 244 g/mol. The maximum atomic E-state index is 10.8. The average Bonchev–Trinajstić information content (AvgIpc) is 3.04. The molecule has 1 fully saturated rings. The largest absolute Gasteiger partial charge is 0.488 e. The lowest BCUT2D eigenvalue weighted by Gasteiger charge is -2.15. The first-order chi connectivity index (χ1) is 7.99. The number of aliphatic hydroxyl groups excluding tert-OH is 1. The van der Waals surface area contributed by atoms with Gasteiger partial charge in [0, 0.05) is 5.56 Å². The van der Waals surface area contributed by atoms with E-state index in [1.54, 1.807) is 19.1 Å². The lowest BCUT2D eigenvalue weighted by molar-refractivity contribution is -0.147. The van der Waals surface area contributed by atoms with E-state index in [1.807, 2.05) is 0 Å². The summed E-state index contributed by atoms with van der Waals surface area (Å²) in [7, 11) is 0. The Morgan fingerprint density at radius 2 is 2.18 bits per heavy atom. The van der Waals surface area contributed by atoms with Crippen LogP contribution in [0, 0.1) is 6.92 Å². The summed E-state index contributed by atoms with van der Waals surface area (Å²) in [6.07, 6.45) is 0.357. The smallest absolute Gasteiger partial charge is 0.337 e. The van der Waals surface area contributed by atoms with Crippen LogP contribution in [0.15, 0.2) is 12.1 Å². The van der Waals surface area contributed by atoms with E-state index in [9.17, 15) is 9.90 Å². The molecule has 0 amide bonds. The third-order valence-electron chi connectivity index (χ3n) is 2.55. The van der Waals surface area contributed by atoms with Crippen LogP contribution in [0.3, 0.4) is 0 Å². The summed E-state index contributed by atoms with van der Waals surface area (Å²) in [5, 5.41) is 18.8. The number of rotatable bonds is 4. The van der Waals surface area contributed by atoms with Crippen molar-refractivity contribution in [3.63, 3.8) is 0 Å². The fraction of sp³-hybridized carbons (Fsp3) is 0.417. The molecule has 0 heterocycles. The summed E-state index contributed by atoms with van der Waals surface area (Å²) in [6, 6.07) is 3.28. The molecule has 1 unspecified atom stereocenters. The van der Waals surface area contributed by atoms with Crippen LogP contribution in [0.25, 0.3) is 0 Å². The van der Waals surface area contributed by atoms with E-state index < -0.39 is 12.1 Å². The predicted molar refractivity (Wildman–Crippen MR) is 62.4 cm³/mol. The molecule has 0 radical (unpaired) electrons. The van der Waals surface area contributed by atoms with Crippen LogP contribution in [0.2, 0.25) is 5.02 Å². The average molecular weight is 257 g/mol. The molecule has 0 spiro atoms. The zero-order valence-corrected chi connectivity index (χ0v) is 10.1. The van der Waals surface area contributed by atoms with Gasteiger partial charge in [0.1, 0.15) is 5.75 Å². The molecule has 0 aromatic heterocycles. The van der Waals surface area contributed by atoms with E-state index in [0.717, 1.165) is 18.4 Å². The van der Waals surface area contributed by atoms with Gasteiger partial charge in [-0.25, -0.2) is 4.79 Å². The third-order valence-corrected chi connectivity index (χ3v) is 2.83. The zero-order chi connectivity index (χ0) is 12.6. The Kier molecular flexibility index (Phi) is 3.26. The maximum absolute atomic E-state index is 10.8. The number of carboxylic acids is 1. The second-order valence-electron chi connectivity index (χ2n) is 4.22. The Morgan fingerprint density at radius 3 is 2.71 bits per heavy atom. The van der Waals surface area contributed by atoms with Gasteiger partial charge < -0.3 is 14.9 Å². The monoisotopic (exact) mass is 256 g/mol. The lowest BCUT2D eigenvalue weighted by Crippen LogP contribution is -2.13. The standard InChI is InChI=1S/C12H13ClO4/c1-6-4-8(10(14)12(15)16)11(9(13)5-6)17-7-2-3-7/h4-5,7,10,14H,2-3H2,1H3,(H,15,16). The summed E-state index contributed by atoms with van der Waals surface area (Å²) >= 11 is 6.03. The minimum atomic E-state index is -1.61. The van der Waals surface area contributed by atoms with Crippen LogP contribution in [0.1, 0.15) is 30.1 Å². The molecule has 17 heavy (non-hydrogen) atoms. The maximum Gasteiger partial charge on any atom is 0.337 e. The van der Waals surface area contributed by atoms with Crippen LogP contribution in [0.4, 0.5) is 0 Å². The van der Waals surface area contributed by atoms with Gasteiger partial charge in [0.05, 0.1) is 11.1 Å². The number of hydrogen-bond acceptors (Lipinski definition) is 3. The molecule has 1 aromatic carbocycles. The highest BCUT2D eigenvalue weighted by molar-refractivity contribution is 6.32. The van der Waals surface area contributed by atoms with Crippen LogP contribution in [-0.4, -0.2) is 22.3 Å². The number of hydrogen-bond donors (Lipinski definition) is 2. The summed E-state index contributed by atoms with van der Waals surface area (Å²) in [5.74, 6) is -1.03. The zero-order valence-electron chi connectivity index (χ0n) is 9.31. The quantitative estimate of drug-likeness (QED) is 0.868. The topological polar surface area (TPSA) is 66.8 Å². The number of carbonyl (C=O) groups is 1. The molecule has 4 nitrogen and oxygen atoms in total. The molecule has 2 rings (SSSR count). The first-order valence-electron chi connectivity index (χ1n) is 5.36. The van der Waals surface area contributed by atoms with E-state index >= 15 is 0 Å². The number of carboxylic acid groups (broad SMARTS) is 1. The number of aliphatic hydroxyl groups is 1. The minimum absolute atomic E-state index is 0.0925. The third kappa shape index (κ3) is 2.70. The molecule has 1 aliphatic carbocycles. The van der Waals surface area contributed by atoms with Crippen molar-refractivity contribution in [2.45, 2.75) is 32.0 Å². The minimum Gasteiger partial charge on any atom is -0.488 e. The van der Waals surface area contributed by atoms with E-state index in [0.29, 0.717) is 5.02 Å². The molecule has 1 aliphatic rings. The van der Waals surface area contributed by atoms with Crippen molar-refractivity contribution in [1.82, 2.24) is 0 Å². The Balaban J connectivity index is 2.41. The Bertz CT molecular complexity index is 454. The number of halogens is 1. The van der Waals surface area contributed by atoms with E-state index in [-0.39, 0.29) is 17.4 Å². The fourth-order valence-electron chi connectivity index (χ4n) is 1.57. The first kappa shape index (κ1) is 12.2. The van der Waals surface area contributed by atoms with Crippen LogP contribution >= 0.6 is 11.6 Å². The van der Waals surface area contributed by atoms with Crippen molar-refractivity contribution in [3.05, 3.63) is 28.3 Å². The molecule has 92 valence electrons. The fourth-order valence-corrected chi connectivity index (χ4v) is 1.89. The van der Waals surface area contributed by atoms with Crippen LogP contribution < -0.4 is 4.74 Å². The van der Waals surface area contributed by atoms with Gasteiger partial charge in [0.25, 0.3) is 0 Å². The van der Waals surface area contributed by atoms with Crippen LogP contribution in [0.5, 0.6) is 5.75 Å². The van der Waals surface area contributed by atoms with E-state index in [4.69, 9.17) is 21.4 Å². The lowest BCUT2D eigenvalue weighted by atomic mass is 10.1. The van der Waals surface area contributed by atoms with Gasteiger partial charge in [-0.05, 0) is 37.5 Å². The van der Waals surface area contributed by atoms with Crippen LogP contribution in [-0.2, 0) is 4.79 Å². The summed E-state index contributed by atoms with van der Waals surface area (Å²) in [5.41, 5.74) is 1.00. The molecule has 1 aromatic rings. The summed E-state index contributed by atoms with van der Waals surface area (Å²) in [6.45, 7) is 1.78. The second kappa shape index (κ2) is 4.55. The highest BCUT2D eigenvalue weighted by Gasteiger charge is 2.29. The van der Waals surface area contributed by atoms with Gasteiger partial charge in [-0.15, -0.1) is 0 Å². The first-order valence-corrected chi connectivity index (χ1v) is 5.74.